The first kappa shape index (κ1) is 24.4. The van der Waals surface area contributed by atoms with Crippen molar-refractivity contribution < 1.29 is 33.5 Å². The molecule has 0 bridgehead atoms. The van der Waals surface area contributed by atoms with Gasteiger partial charge >= 0.3 is 0 Å². The molecule has 0 aromatic rings. The van der Waals surface area contributed by atoms with Gasteiger partial charge in [-0.05, 0) is 52.9 Å². The van der Waals surface area contributed by atoms with E-state index in [9.17, 15) is 5.11 Å². The fourth-order valence-electron chi connectivity index (χ4n) is 4.77. The van der Waals surface area contributed by atoms with Crippen molar-refractivity contribution in [1.29, 1.82) is 0 Å². The largest absolute Gasteiger partial charge is 0.387 e. The first-order chi connectivity index (χ1) is 13.8. The zero-order chi connectivity index (χ0) is 22.4. The molecule has 30 heavy (non-hydrogen) atoms. The van der Waals surface area contributed by atoms with Crippen LogP contribution in [0.5, 0.6) is 0 Å². The van der Waals surface area contributed by atoms with Crippen LogP contribution < -0.4 is 0 Å². The second kappa shape index (κ2) is 8.93. The van der Waals surface area contributed by atoms with Gasteiger partial charge in [0, 0.05) is 5.92 Å². The third-order valence-electron chi connectivity index (χ3n) is 6.74. The highest BCUT2D eigenvalue weighted by Gasteiger charge is 2.55. The van der Waals surface area contributed by atoms with Crippen LogP contribution in [0.15, 0.2) is 0 Å². The SMILES string of the molecule is CCC1OC(OCC2OC3OC(C)(C)OC3C(O)C2OC(C)(C)C)C(C)C(C)C1C. The summed E-state index contributed by atoms with van der Waals surface area (Å²) in [5.41, 5.74) is -0.457. The second-order valence-corrected chi connectivity index (χ2v) is 10.7. The minimum atomic E-state index is -0.884. The van der Waals surface area contributed by atoms with Gasteiger partial charge in [0.1, 0.15) is 24.4 Å². The van der Waals surface area contributed by atoms with Crippen LogP contribution in [0.1, 0.15) is 68.7 Å². The molecule has 7 nitrogen and oxygen atoms in total. The van der Waals surface area contributed by atoms with E-state index in [-0.39, 0.29) is 24.9 Å². The van der Waals surface area contributed by atoms with E-state index in [1.54, 1.807) is 0 Å². The molecule has 3 heterocycles. The highest BCUT2D eigenvalue weighted by Crippen LogP contribution is 2.40. The standard InChI is InChI=1S/C23H42O7/c1-10-15-13(3)12(2)14(4)20(26-15)25-11-16-18(28-22(5,6)7)17(24)19-21(27-16)30-23(8,9)29-19/h12-21,24H,10-11H2,1-9H3. The summed E-state index contributed by atoms with van der Waals surface area (Å²) in [6.07, 6.45) is -2.41. The van der Waals surface area contributed by atoms with E-state index in [0.29, 0.717) is 11.8 Å². The van der Waals surface area contributed by atoms with Crippen molar-refractivity contribution in [1.82, 2.24) is 0 Å². The Labute approximate surface area is 181 Å². The van der Waals surface area contributed by atoms with Gasteiger partial charge in [-0.1, -0.05) is 27.7 Å². The number of aliphatic hydroxyl groups excluding tert-OH is 1. The highest BCUT2D eigenvalue weighted by atomic mass is 16.8. The normalized spacial score (nSPS) is 46.6. The molecule has 3 rings (SSSR count). The number of rotatable bonds is 5. The van der Waals surface area contributed by atoms with Gasteiger partial charge in [0.2, 0.25) is 0 Å². The number of aliphatic hydroxyl groups is 1. The van der Waals surface area contributed by atoms with Gasteiger partial charge in [-0.2, -0.15) is 0 Å². The van der Waals surface area contributed by atoms with E-state index in [0.717, 1.165) is 6.42 Å². The summed E-state index contributed by atoms with van der Waals surface area (Å²) in [6.45, 7) is 18.6. The third-order valence-corrected chi connectivity index (χ3v) is 6.74. The first-order valence-corrected chi connectivity index (χ1v) is 11.5. The van der Waals surface area contributed by atoms with Gasteiger partial charge in [-0.25, -0.2) is 0 Å². The van der Waals surface area contributed by atoms with E-state index < -0.39 is 42.1 Å². The van der Waals surface area contributed by atoms with Crippen LogP contribution in [-0.2, 0) is 28.4 Å². The Hall–Kier alpha value is -0.280. The fraction of sp³-hybridized carbons (Fsp3) is 1.00. The highest BCUT2D eigenvalue weighted by molar-refractivity contribution is 4.96. The molecular weight excluding hydrogens is 388 g/mol. The molecular formula is C23H42O7. The average Bonchev–Trinajstić information content (AvgIpc) is 2.95. The first-order valence-electron chi connectivity index (χ1n) is 11.5. The fourth-order valence-corrected chi connectivity index (χ4v) is 4.77. The molecule has 10 unspecified atom stereocenters. The maximum atomic E-state index is 11.1. The Morgan fingerprint density at radius 3 is 2.20 bits per heavy atom. The van der Waals surface area contributed by atoms with Crippen LogP contribution in [0.4, 0.5) is 0 Å². The maximum absolute atomic E-state index is 11.1. The van der Waals surface area contributed by atoms with Crippen LogP contribution in [0.3, 0.4) is 0 Å². The summed E-state index contributed by atoms with van der Waals surface area (Å²) in [6, 6.07) is 0. The monoisotopic (exact) mass is 430 g/mol. The molecule has 10 atom stereocenters. The molecule has 7 heteroatoms. The van der Waals surface area contributed by atoms with Crippen molar-refractivity contribution in [2.45, 2.75) is 123 Å². The molecule has 0 saturated carbocycles. The van der Waals surface area contributed by atoms with Crippen molar-refractivity contribution >= 4 is 0 Å². The molecule has 0 radical (unpaired) electrons. The summed E-state index contributed by atoms with van der Waals surface area (Å²) < 4.78 is 36.6. The maximum Gasteiger partial charge on any atom is 0.190 e. The van der Waals surface area contributed by atoms with Crippen molar-refractivity contribution in [3.63, 3.8) is 0 Å². The lowest BCUT2D eigenvalue weighted by atomic mass is 9.78. The van der Waals surface area contributed by atoms with Gasteiger partial charge < -0.3 is 33.5 Å². The number of ether oxygens (including phenoxy) is 6. The molecule has 3 saturated heterocycles. The summed E-state index contributed by atoms with van der Waals surface area (Å²) >= 11 is 0. The molecule has 3 aliphatic heterocycles. The molecule has 176 valence electrons. The van der Waals surface area contributed by atoms with E-state index in [2.05, 4.69) is 27.7 Å². The Balaban J connectivity index is 1.72. The number of fused-ring (bicyclic) bond motifs is 1. The molecule has 3 fully saturated rings. The zero-order valence-electron chi connectivity index (χ0n) is 20.1. The average molecular weight is 431 g/mol. The molecule has 0 spiro atoms. The zero-order valence-corrected chi connectivity index (χ0v) is 20.1. The smallest absolute Gasteiger partial charge is 0.190 e. The van der Waals surface area contributed by atoms with Crippen molar-refractivity contribution in [2.24, 2.45) is 17.8 Å². The molecule has 3 aliphatic rings. The van der Waals surface area contributed by atoms with Gasteiger partial charge in [0.05, 0.1) is 18.3 Å². The number of hydrogen-bond donors (Lipinski definition) is 1. The predicted octanol–water partition coefficient (Wildman–Crippen LogP) is 3.47. The topological polar surface area (TPSA) is 75.6 Å². The summed E-state index contributed by atoms with van der Waals surface area (Å²) in [5, 5.41) is 11.1. The second-order valence-electron chi connectivity index (χ2n) is 10.7. The lowest BCUT2D eigenvalue weighted by Gasteiger charge is -2.45. The van der Waals surface area contributed by atoms with Crippen LogP contribution in [0, 0.1) is 17.8 Å². The Kier molecular flexibility index (Phi) is 7.25. The third kappa shape index (κ3) is 5.20. The van der Waals surface area contributed by atoms with Crippen molar-refractivity contribution in [3.8, 4) is 0 Å². The van der Waals surface area contributed by atoms with Gasteiger partial charge in [0.25, 0.3) is 0 Å². The Bertz CT molecular complexity index is 572. The minimum Gasteiger partial charge on any atom is -0.387 e. The van der Waals surface area contributed by atoms with Crippen LogP contribution in [-0.4, -0.2) is 66.2 Å². The number of hydrogen-bond acceptors (Lipinski definition) is 7. The lowest BCUT2D eigenvalue weighted by molar-refractivity contribution is -0.304. The molecule has 0 aliphatic carbocycles. The Morgan fingerprint density at radius 2 is 1.60 bits per heavy atom. The lowest BCUT2D eigenvalue weighted by Crippen LogP contribution is -2.60. The van der Waals surface area contributed by atoms with Crippen molar-refractivity contribution in [3.05, 3.63) is 0 Å². The predicted molar refractivity (Wildman–Crippen MR) is 112 cm³/mol. The van der Waals surface area contributed by atoms with E-state index in [1.807, 2.05) is 34.6 Å². The van der Waals surface area contributed by atoms with Crippen LogP contribution in [0.25, 0.3) is 0 Å². The van der Waals surface area contributed by atoms with Gasteiger partial charge in [0.15, 0.2) is 18.4 Å². The van der Waals surface area contributed by atoms with Gasteiger partial charge in [-0.3, -0.25) is 0 Å². The summed E-state index contributed by atoms with van der Waals surface area (Å²) in [5.74, 6) is 0.418. The van der Waals surface area contributed by atoms with E-state index in [4.69, 9.17) is 28.4 Å². The van der Waals surface area contributed by atoms with E-state index in [1.165, 1.54) is 0 Å². The molecule has 0 aromatic heterocycles. The van der Waals surface area contributed by atoms with E-state index >= 15 is 0 Å². The summed E-state index contributed by atoms with van der Waals surface area (Å²) in [7, 11) is 0. The van der Waals surface area contributed by atoms with Crippen LogP contribution in [0.2, 0.25) is 0 Å². The Morgan fingerprint density at radius 1 is 0.933 bits per heavy atom. The molecule has 0 amide bonds. The van der Waals surface area contributed by atoms with Gasteiger partial charge in [-0.15, -0.1) is 0 Å². The quantitative estimate of drug-likeness (QED) is 0.716. The van der Waals surface area contributed by atoms with Crippen molar-refractivity contribution in [2.75, 3.05) is 6.61 Å². The molecule has 1 N–H and O–H groups in total. The molecule has 0 aromatic carbocycles. The van der Waals surface area contributed by atoms with Crippen LogP contribution >= 0.6 is 0 Å². The summed E-state index contributed by atoms with van der Waals surface area (Å²) in [4.78, 5) is 0. The minimum absolute atomic E-state index is 0.178.